The Morgan fingerprint density at radius 2 is 1.90 bits per heavy atom. The predicted molar refractivity (Wildman–Crippen MR) is 108 cm³/mol. The Balaban J connectivity index is 1.65. The number of anilines is 1. The van der Waals surface area contributed by atoms with Gasteiger partial charge < -0.3 is 9.84 Å². The maximum Gasteiger partial charge on any atom is 0.259 e. The van der Waals surface area contributed by atoms with E-state index in [0.29, 0.717) is 33.8 Å². The topological polar surface area (TPSA) is 68.0 Å². The first-order chi connectivity index (χ1) is 14.1. The molecule has 2 aromatic carbocycles. The summed E-state index contributed by atoms with van der Waals surface area (Å²) < 4.78 is 18.8. The molecule has 6 heteroatoms. The van der Waals surface area contributed by atoms with E-state index < -0.39 is 0 Å². The van der Waals surface area contributed by atoms with E-state index in [9.17, 15) is 9.18 Å². The molecule has 2 aromatic heterocycles. The number of pyridine rings is 1. The van der Waals surface area contributed by atoms with Gasteiger partial charge in [-0.15, -0.1) is 0 Å². The van der Waals surface area contributed by atoms with E-state index in [1.165, 1.54) is 12.1 Å². The van der Waals surface area contributed by atoms with Crippen molar-refractivity contribution in [3.8, 4) is 11.3 Å². The molecule has 0 aliphatic heterocycles. The van der Waals surface area contributed by atoms with Crippen LogP contribution in [0, 0.1) is 12.7 Å². The molecule has 0 radical (unpaired) electrons. The van der Waals surface area contributed by atoms with Gasteiger partial charge in [0.1, 0.15) is 11.5 Å². The molecular formula is C23H18FN3O2. The molecule has 2 heterocycles. The fourth-order valence-corrected chi connectivity index (χ4v) is 3.45. The minimum Gasteiger partial charge on any atom is -0.335 e. The van der Waals surface area contributed by atoms with Crippen LogP contribution in [0.5, 0.6) is 0 Å². The summed E-state index contributed by atoms with van der Waals surface area (Å²) in [6.07, 6.45) is 2.10. The predicted octanol–water partition coefficient (Wildman–Crippen LogP) is 5.47. The Morgan fingerprint density at radius 1 is 1.14 bits per heavy atom. The molecule has 1 amide bonds. The molecule has 1 aliphatic carbocycles. The lowest BCUT2D eigenvalue weighted by Crippen LogP contribution is -2.14. The number of carbonyl (C=O) groups excluding carboxylic acids is 1. The van der Waals surface area contributed by atoms with Crippen molar-refractivity contribution in [3.63, 3.8) is 0 Å². The number of aryl methyl sites for hydroxylation is 1. The maximum absolute atomic E-state index is 13.4. The van der Waals surface area contributed by atoms with Gasteiger partial charge in [0, 0.05) is 22.9 Å². The Labute approximate surface area is 166 Å². The van der Waals surface area contributed by atoms with E-state index in [0.717, 1.165) is 29.8 Å². The highest BCUT2D eigenvalue weighted by Crippen LogP contribution is 2.41. The normalized spacial score (nSPS) is 13.6. The van der Waals surface area contributed by atoms with Gasteiger partial charge in [0.05, 0.1) is 10.9 Å². The summed E-state index contributed by atoms with van der Waals surface area (Å²) in [4.78, 5) is 17.8. The minimum absolute atomic E-state index is 0.250. The van der Waals surface area contributed by atoms with Crippen molar-refractivity contribution in [1.82, 2.24) is 10.1 Å². The van der Waals surface area contributed by atoms with Crippen LogP contribution in [0.15, 0.2) is 59.1 Å². The number of para-hydroxylation sites is 1. The number of amides is 1. The van der Waals surface area contributed by atoms with Crippen molar-refractivity contribution in [1.29, 1.82) is 0 Å². The molecule has 144 valence electrons. The number of nitrogens with zero attached hydrogens (tertiary/aromatic N) is 2. The van der Waals surface area contributed by atoms with Gasteiger partial charge in [0.2, 0.25) is 0 Å². The number of halogens is 1. The number of fused-ring (bicyclic) bond motifs is 1. The highest BCUT2D eigenvalue weighted by atomic mass is 19.1. The largest absolute Gasteiger partial charge is 0.335 e. The van der Waals surface area contributed by atoms with Crippen molar-refractivity contribution in [3.05, 3.63) is 77.2 Å². The first-order valence-corrected chi connectivity index (χ1v) is 9.53. The zero-order valence-corrected chi connectivity index (χ0v) is 15.8. The Morgan fingerprint density at radius 3 is 2.62 bits per heavy atom. The molecule has 0 saturated heterocycles. The number of hydrogen-bond donors (Lipinski definition) is 1. The van der Waals surface area contributed by atoms with Gasteiger partial charge in [-0.2, -0.15) is 0 Å². The van der Waals surface area contributed by atoms with Gasteiger partial charge in [-0.3, -0.25) is 4.79 Å². The summed E-state index contributed by atoms with van der Waals surface area (Å²) in [6, 6.07) is 15.4. The third-order valence-electron chi connectivity index (χ3n) is 5.22. The number of rotatable bonds is 4. The molecule has 1 N–H and O–H groups in total. The number of nitrogens with one attached hydrogen (secondary N) is 1. The molecule has 0 bridgehead atoms. The number of benzene rings is 2. The van der Waals surface area contributed by atoms with E-state index in [-0.39, 0.29) is 11.7 Å². The van der Waals surface area contributed by atoms with E-state index >= 15 is 0 Å². The number of carbonyl (C=O) groups is 1. The van der Waals surface area contributed by atoms with E-state index in [1.54, 1.807) is 12.1 Å². The van der Waals surface area contributed by atoms with Crippen LogP contribution in [0.3, 0.4) is 0 Å². The van der Waals surface area contributed by atoms with Crippen molar-refractivity contribution >= 4 is 22.7 Å². The Bertz CT molecular complexity index is 1230. The molecule has 1 saturated carbocycles. The van der Waals surface area contributed by atoms with Crippen molar-refractivity contribution in [2.24, 2.45) is 0 Å². The van der Waals surface area contributed by atoms with Crippen LogP contribution in [0.1, 0.15) is 40.4 Å². The summed E-state index contributed by atoms with van der Waals surface area (Å²) in [7, 11) is 0. The molecule has 1 fully saturated rings. The van der Waals surface area contributed by atoms with Gasteiger partial charge in [-0.1, -0.05) is 23.4 Å². The molecule has 0 spiro atoms. The molecule has 5 rings (SSSR count). The summed E-state index contributed by atoms with van der Waals surface area (Å²) in [5.74, 6) is -0.239. The molecule has 0 atom stereocenters. The average molecular weight is 387 g/mol. The Hall–Kier alpha value is -3.54. The van der Waals surface area contributed by atoms with E-state index in [1.807, 2.05) is 37.3 Å². The van der Waals surface area contributed by atoms with Gasteiger partial charge in [0.15, 0.2) is 0 Å². The van der Waals surface area contributed by atoms with Crippen LogP contribution in [0.4, 0.5) is 10.1 Å². The minimum atomic E-state index is -0.340. The Kier molecular flexibility index (Phi) is 4.12. The van der Waals surface area contributed by atoms with E-state index in [2.05, 4.69) is 15.5 Å². The fraction of sp³-hybridized carbons (Fsp3) is 0.174. The highest BCUT2D eigenvalue weighted by Gasteiger charge is 2.29. The third kappa shape index (κ3) is 3.27. The molecular weight excluding hydrogens is 369 g/mol. The van der Waals surface area contributed by atoms with Crippen molar-refractivity contribution in [2.75, 3.05) is 5.32 Å². The first kappa shape index (κ1) is 17.6. The van der Waals surface area contributed by atoms with Crippen LogP contribution < -0.4 is 5.32 Å². The maximum atomic E-state index is 13.4. The number of hydrogen-bond acceptors (Lipinski definition) is 4. The summed E-state index contributed by atoms with van der Waals surface area (Å²) in [6.45, 7) is 1.94. The summed E-state index contributed by atoms with van der Waals surface area (Å²) >= 11 is 0. The third-order valence-corrected chi connectivity index (χ3v) is 5.22. The van der Waals surface area contributed by atoms with Gasteiger partial charge >= 0.3 is 0 Å². The molecule has 4 aromatic rings. The molecule has 1 aliphatic rings. The van der Waals surface area contributed by atoms with E-state index in [4.69, 9.17) is 4.52 Å². The fourth-order valence-electron chi connectivity index (χ4n) is 3.45. The van der Waals surface area contributed by atoms with Gasteiger partial charge in [-0.05, 0) is 61.7 Å². The van der Waals surface area contributed by atoms with Crippen LogP contribution in [-0.4, -0.2) is 16.0 Å². The second-order valence-corrected chi connectivity index (χ2v) is 7.36. The van der Waals surface area contributed by atoms with Crippen LogP contribution in [0.2, 0.25) is 0 Å². The summed E-state index contributed by atoms with van der Waals surface area (Å²) in [5, 5.41) is 7.66. The lowest BCUT2D eigenvalue weighted by Gasteiger charge is -2.10. The molecule has 5 nitrogen and oxygen atoms in total. The second kappa shape index (κ2) is 6.81. The SMILES string of the molecule is Cc1ccccc1NC(=O)c1cc(C2CC2)nc2onc(-c3ccc(F)cc3)c12. The highest BCUT2D eigenvalue weighted by molar-refractivity contribution is 6.14. The average Bonchev–Trinajstić information content (AvgIpc) is 3.49. The van der Waals surface area contributed by atoms with Crippen molar-refractivity contribution in [2.45, 2.75) is 25.7 Å². The molecule has 29 heavy (non-hydrogen) atoms. The number of aromatic nitrogens is 2. The lowest BCUT2D eigenvalue weighted by molar-refractivity contribution is 0.102. The standard InChI is InChI=1S/C23H18FN3O2/c1-13-4-2-3-5-18(13)25-22(28)17-12-19(14-6-7-14)26-23-20(17)21(27-29-23)15-8-10-16(24)11-9-15/h2-5,8-12,14H,6-7H2,1H3,(H,25,28). The quantitative estimate of drug-likeness (QED) is 0.504. The molecule has 0 unspecified atom stereocenters. The first-order valence-electron chi connectivity index (χ1n) is 9.53. The van der Waals surface area contributed by atoms with Crippen LogP contribution in [-0.2, 0) is 0 Å². The van der Waals surface area contributed by atoms with Crippen molar-refractivity contribution < 1.29 is 13.7 Å². The summed E-state index contributed by atoms with van der Waals surface area (Å²) in [5.41, 5.74) is 4.48. The van der Waals surface area contributed by atoms with Gasteiger partial charge in [-0.25, -0.2) is 9.37 Å². The lowest BCUT2D eigenvalue weighted by atomic mass is 10.0. The van der Waals surface area contributed by atoms with Gasteiger partial charge in [0.25, 0.3) is 11.6 Å². The second-order valence-electron chi connectivity index (χ2n) is 7.36. The zero-order chi connectivity index (χ0) is 20.0. The smallest absolute Gasteiger partial charge is 0.259 e. The monoisotopic (exact) mass is 387 g/mol. The van der Waals surface area contributed by atoms with Crippen LogP contribution in [0.25, 0.3) is 22.4 Å². The zero-order valence-electron chi connectivity index (χ0n) is 15.8. The van der Waals surface area contributed by atoms with Crippen LogP contribution >= 0.6 is 0 Å².